The van der Waals surface area contributed by atoms with Gasteiger partial charge in [-0.3, -0.25) is 15.5 Å². The van der Waals surface area contributed by atoms with Crippen LogP contribution in [-0.4, -0.2) is 16.2 Å². The fourth-order valence-corrected chi connectivity index (χ4v) is 11.0. The fraction of sp³-hybridized carbons (Fsp3) is 0.438. The first-order valence-corrected chi connectivity index (χ1v) is 13.7. The summed E-state index contributed by atoms with van der Waals surface area (Å²) in [5, 5.41) is 8.64. The average molecular weight is 460 g/mol. The van der Waals surface area contributed by atoms with Gasteiger partial charge in [0, 0.05) is 43.3 Å². The first-order chi connectivity index (χ1) is 17.3. The Morgan fingerprint density at radius 2 is 1.00 bits per heavy atom. The summed E-state index contributed by atoms with van der Waals surface area (Å²) in [7, 11) is 0. The number of hydrogen-bond donors (Lipinski definition) is 2. The van der Waals surface area contributed by atoms with Crippen molar-refractivity contribution in [3.63, 3.8) is 0 Å². The molecule has 5 aliphatic carbocycles. The Kier molecular flexibility index (Phi) is 3.74. The molecule has 3 nitrogen and oxygen atoms in total. The van der Waals surface area contributed by atoms with E-state index in [1.807, 2.05) is 0 Å². The van der Waals surface area contributed by atoms with E-state index in [9.17, 15) is 0 Å². The summed E-state index contributed by atoms with van der Waals surface area (Å²) in [4.78, 5) is 3.00. The Morgan fingerprint density at radius 1 is 0.571 bits per heavy atom. The Bertz CT molecular complexity index is 1190. The van der Waals surface area contributed by atoms with Crippen LogP contribution >= 0.6 is 0 Å². The largest absolute Gasteiger partial charge is 0.294 e. The van der Waals surface area contributed by atoms with Crippen LogP contribution < -0.4 is 10.6 Å². The molecule has 0 spiro atoms. The number of benzene rings is 3. The predicted octanol–water partition coefficient (Wildman–Crippen LogP) is 4.86. The summed E-state index contributed by atoms with van der Waals surface area (Å²) >= 11 is 0. The first-order valence-electron chi connectivity index (χ1n) is 13.7. The fourth-order valence-electron chi connectivity index (χ4n) is 11.0. The third-order valence-corrected chi connectivity index (χ3v) is 11.4. The second-order valence-electron chi connectivity index (χ2n) is 12.2. The smallest absolute Gasteiger partial charge is 0.0804 e. The summed E-state index contributed by atoms with van der Waals surface area (Å²) < 4.78 is 0. The maximum Gasteiger partial charge on any atom is 0.0804 e. The number of rotatable bonds is 8. The van der Waals surface area contributed by atoms with Gasteiger partial charge in [0.2, 0.25) is 0 Å². The van der Waals surface area contributed by atoms with Crippen molar-refractivity contribution in [3.05, 3.63) is 108 Å². The van der Waals surface area contributed by atoms with Gasteiger partial charge in [0.1, 0.15) is 0 Å². The van der Waals surface area contributed by atoms with Crippen LogP contribution in [0.2, 0.25) is 0 Å². The lowest BCUT2D eigenvalue weighted by atomic mass is 9.57. The molecule has 0 unspecified atom stereocenters. The quantitative estimate of drug-likeness (QED) is 0.504. The maximum absolute atomic E-state index is 4.32. The van der Waals surface area contributed by atoms with E-state index >= 15 is 0 Å². The Labute approximate surface area is 207 Å². The monoisotopic (exact) mass is 459 g/mol. The van der Waals surface area contributed by atoms with E-state index in [0.29, 0.717) is 0 Å². The van der Waals surface area contributed by atoms with Crippen molar-refractivity contribution >= 4 is 0 Å². The third kappa shape index (κ3) is 2.13. The van der Waals surface area contributed by atoms with Gasteiger partial charge in [0.25, 0.3) is 0 Å². The zero-order valence-corrected chi connectivity index (χ0v) is 20.1. The van der Waals surface area contributed by atoms with Crippen LogP contribution in [0.3, 0.4) is 0 Å². The summed E-state index contributed by atoms with van der Waals surface area (Å²) in [6.07, 6.45) is 1.50. The second-order valence-corrected chi connectivity index (χ2v) is 12.2. The standard InChI is InChI=1S/C32H33N3/c1-4-10-20(11-5-1)17-33-31-27-23-16-24-26-25(23)29(31)30(26)32(28(24)27,34-18-21-12-6-2-7-13-21)35(31)19-22-14-8-3-9-15-22/h1-15,23-30,33-34H,16-19H2/t23-,24+,25-,26+,27-,28+,29-,30-,31+,32-/m1/s1. The summed E-state index contributed by atoms with van der Waals surface area (Å²) in [5.41, 5.74) is 4.56. The van der Waals surface area contributed by atoms with Crippen LogP contribution in [0.25, 0.3) is 0 Å². The molecule has 0 amide bonds. The molecule has 3 aromatic rings. The van der Waals surface area contributed by atoms with E-state index in [1.165, 1.54) is 23.1 Å². The van der Waals surface area contributed by atoms with Crippen molar-refractivity contribution in [1.29, 1.82) is 0 Å². The van der Waals surface area contributed by atoms with Gasteiger partial charge in [-0.05, 0) is 46.8 Å². The molecular formula is C32H33N3. The Morgan fingerprint density at radius 3 is 1.46 bits per heavy atom. The lowest BCUT2D eigenvalue weighted by molar-refractivity contribution is -0.00775. The molecule has 2 N–H and O–H groups in total. The van der Waals surface area contributed by atoms with Crippen LogP contribution in [0.5, 0.6) is 0 Å². The van der Waals surface area contributed by atoms with Crippen molar-refractivity contribution in [3.8, 4) is 0 Å². The average Bonchev–Trinajstić information content (AvgIpc) is 3.56. The van der Waals surface area contributed by atoms with E-state index in [1.54, 1.807) is 0 Å². The Hall–Kier alpha value is -2.46. The molecule has 4 bridgehead atoms. The highest BCUT2D eigenvalue weighted by atomic mass is 15.5. The summed E-state index contributed by atoms with van der Waals surface area (Å²) in [6, 6.07) is 33.4. The van der Waals surface area contributed by atoms with Crippen molar-refractivity contribution in [2.24, 2.45) is 47.3 Å². The zero-order valence-electron chi connectivity index (χ0n) is 20.1. The molecule has 0 aromatic heterocycles. The van der Waals surface area contributed by atoms with Crippen molar-refractivity contribution in [2.45, 2.75) is 37.4 Å². The van der Waals surface area contributed by atoms with Crippen molar-refractivity contribution in [2.75, 3.05) is 0 Å². The van der Waals surface area contributed by atoms with Crippen molar-refractivity contribution < 1.29 is 0 Å². The highest BCUT2D eigenvalue weighted by Gasteiger charge is 2.98. The second kappa shape index (κ2) is 6.64. The first kappa shape index (κ1) is 19.7. The topological polar surface area (TPSA) is 27.3 Å². The van der Waals surface area contributed by atoms with Crippen LogP contribution in [0.15, 0.2) is 91.0 Å². The van der Waals surface area contributed by atoms with Gasteiger partial charge >= 0.3 is 0 Å². The molecule has 3 heteroatoms. The SMILES string of the molecule is c1ccc(CN[C@]23[C@@H]4[C@@H]5C[C@H]6[C@H]7[C@@H]5[C@@H]2[C@@H]7[C@@](NCc2ccccc2)([C@@H]64)N3Cc2ccccc2)cc1. The van der Waals surface area contributed by atoms with E-state index < -0.39 is 0 Å². The van der Waals surface area contributed by atoms with Crippen molar-refractivity contribution in [1.82, 2.24) is 15.5 Å². The maximum atomic E-state index is 4.32. The molecule has 5 saturated carbocycles. The van der Waals surface area contributed by atoms with Crippen LogP contribution in [-0.2, 0) is 19.6 Å². The highest BCUT2D eigenvalue weighted by Crippen LogP contribution is 2.92. The molecule has 10 rings (SSSR count). The molecule has 0 radical (unpaired) electrons. The molecule has 2 saturated heterocycles. The zero-order chi connectivity index (χ0) is 22.8. The minimum Gasteiger partial charge on any atom is -0.294 e. The van der Waals surface area contributed by atoms with Gasteiger partial charge in [-0.2, -0.15) is 0 Å². The number of nitrogens with zero attached hydrogens (tertiary/aromatic N) is 1. The van der Waals surface area contributed by atoms with Gasteiger partial charge < -0.3 is 0 Å². The van der Waals surface area contributed by atoms with E-state index in [4.69, 9.17) is 0 Å². The van der Waals surface area contributed by atoms with E-state index in [2.05, 4.69) is 107 Å². The molecule has 10 atom stereocenters. The highest BCUT2D eigenvalue weighted by molar-refractivity contribution is 5.47. The van der Waals surface area contributed by atoms with E-state index in [-0.39, 0.29) is 11.3 Å². The predicted molar refractivity (Wildman–Crippen MR) is 137 cm³/mol. The molecule has 176 valence electrons. The third-order valence-electron chi connectivity index (χ3n) is 11.4. The minimum atomic E-state index is 0.141. The van der Waals surface area contributed by atoms with E-state index in [0.717, 1.165) is 67.0 Å². The Balaban J connectivity index is 1.16. The lowest BCUT2D eigenvalue weighted by Gasteiger charge is -2.49. The number of nitrogens with one attached hydrogen (secondary N) is 2. The molecule has 7 fully saturated rings. The van der Waals surface area contributed by atoms with Crippen LogP contribution in [0, 0.1) is 47.3 Å². The number of hydrogen-bond acceptors (Lipinski definition) is 3. The molecule has 35 heavy (non-hydrogen) atoms. The molecule has 7 aliphatic rings. The van der Waals surface area contributed by atoms with Gasteiger partial charge in [0.15, 0.2) is 0 Å². The normalized spacial score (nSPS) is 44.6. The molecule has 3 aromatic carbocycles. The van der Waals surface area contributed by atoms with Gasteiger partial charge in [-0.25, -0.2) is 0 Å². The van der Waals surface area contributed by atoms with Gasteiger partial charge in [-0.15, -0.1) is 0 Å². The van der Waals surface area contributed by atoms with Gasteiger partial charge in [0.05, 0.1) is 11.3 Å². The van der Waals surface area contributed by atoms with Crippen LogP contribution in [0.1, 0.15) is 23.1 Å². The van der Waals surface area contributed by atoms with Gasteiger partial charge in [-0.1, -0.05) is 91.0 Å². The summed E-state index contributed by atoms with van der Waals surface area (Å²) in [6.45, 7) is 2.99. The molecule has 2 heterocycles. The lowest BCUT2D eigenvalue weighted by Crippen LogP contribution is -2.61. The molecular weight excluding hydrogens is 426 g/mol. The minimum absolute atomic E-state index is 0.141. The van der Waals surface area contributed by atoms with Crippen LogP contribution in [0.4, 0.5) is 0 Å². The summed E-state index contributed by atoms with van der Waals surface area (Å²) in [5.74, 6) is 7.04. The molecule has 2 aliphatic heterocycles.